The Morgan fingerprint density at radius 3 is 2.18 bits per heavy atom. The van der Waals surface area contributed by atoms with Gasteiger partial charge in [0.2, 0.25) is 5.91 Å². The largest absolute Gasteiger partial charge is 0.462 e. The molecule has 2 heterocycles. The molecule has 0 radical (unpaired) electrons. The molecule has 2 aliphatic heterocycles. The van der Waals surface area contributed by atoms with Gasteiger partial charge in [-0.25, -0.2) is 15.0 Å². The lowest BCUT2D eigenvalue weighted by atomic mass is 9.95. The second-order valence-corrected chi connectivity index (χ2v) is 18.6. The summed E-state index contributed by atoms with van der Waals surface area (Å²) in [5.41, 5.74) is 0.411. The number of benzene rings is 2. The Balaban J connectivity index is 0.000000541. The van der Waals surface area contributed by atoms with Crippen LogP contribution in [0.3, 0.4) is 0 Å². The van der Waals surface area contributed by atoms with Crippen LogP contribution in [0, 0.1) is 5.92 Å². The van der Waals surface area contributed by atoms with Gasteiger partial charge in [0.1, 0.15) is 24.7 Å². The Hall–Kier alpha value is -3.05. The van der Waals surface area contributed by atoms with Gasteiger partial charge >= 0.3 is 0 Å². The lowest BCUT2D eigenvalue weighted by molar-refractivity contribution is -0.138. The number of piperidine rings is 1. The minimum atomic E-state index is -0.665. The number of amides is 2. The molecule has 274 valence electrons. The zero-order valence-electron chi connectivity index (χ0n) is 30.5. The van der Waals surface area contributed by atoms with Crippen LogP contribution in [0.15, 0.2) is 72.4 Å². The number of anilines is 1. The molecule has 0 bridgehead atoms. The van der Waals surface area contributed by atoms with Crippen molar-refractivity contribution < 1.29 is 23.9 Å². The first-order valence-electron chi connectivity index (χ1n) is 16.4. The summed E-state index contributed by atoms with van der Waals surface area (Å²) in [6, 6.07) is 16.7. The Morgan fingerprint density at radius 1 is 1.08 bits per heavy atom. The van der Waals surface area contributed by atoms with E-state index in [1.807, 2.05) is 81.1 Å². The SMILES string of the molecule is C=CCC.CC(C)(C)OC=O.CCN1N=C2CCC(C(=O)N(COCCS(C)(C)C)c3cccc(Cl)c3)CN2CC1=O.Clc1ccccc1. The van der Waals surface area contributed by atoms with Gasteiger partial charge in [-0.15, -0.1) is 6.58 Å². The normalized spacial score (nSPS) is 15.8. The Kier molecular flexibility index (Phi) is 20.3. The molecular formula is C37H56Cl2N4O5S. The maximum atomic E-state index is 13.5. The average molecular weight is 740 g/mol. The van der Waals surface area contributed by atoms with Crippen molar-refractivity contribution in [2.45, 2.75) is 59.5 Å². The van der Waals surface area contributed by atoms with Crippen LogP contribution in [-0.4, -0.2) is 97.1 Å². The maximum absolute atomic E-state index is 13.5. The van der Waals surface area contributed by atoms with Gasteiger partial charge in [0, 0.05) is 41.0 Å². The van der Waals surface area contributed by atoms with Crippen molar-refractivity contribution in [3.63, 3.8) is 0 Å². The molecule has 2 aliphatic rings. The van der Waals surface area contributed by atoms with Crippen molar-refractivity contribution >= 4 is 63.0 Å². The summed E-state index contributed by atoms with van der Waals surface area (Å²) >= 11 is 11.7. The first kappa shape index (κ1) is 44.0. The van der Waals surface area contributed by atoms with Crippen molar-refractivity contribution in [3.05, 3.63) is 77.3 Å². The van der Waals surface area contributed by atoms with Gasteiger partial charge in [-0.1, -0.05) is 60.5 Å². The number of allylic oxidation sites excluding steroid dienone is 1. The molecule has 1 saturated heterocycles. The molecule has 0 N–H and O–H groups in total. The number of amidine groups is 1. The van der Waals surface area contributed by atoms with Crippen LogP contribution in [-0.2, 0) is 23.9 Å². The summed E-state index contributed by atoms with van der Waals surface area (Å²) < 4.78 is 10.5. The van der Waals surface area contributed by atoms with E-state index in [9.17, 15) is 14.4 Å². The first-order chi connectivity index (χ1) is 23.0. The van der Waals surface area contributed by atoms with Gasteiger partial charge in [0.25, 0.3) is 12.4 Å². The van der Waals surface area contributed by atoms with E-state index in [1.54, 1.807) is 17.0 Å². The van der Waals surface area contributed by atoms with Crippen LogP contribution < -0.4 is 4.90 Å². The minimum absolute atomic E-state index is 0.00482. The van der Waals surface area contributed by atoms with Gasteiger partial charge in [-0.05, 0) is 89.6 Å². The van der Waals surface area contributed by atoms with Crippen molar-refractivity contribution in [1.82, 2.24) is 9.91 Å². The first-order valence-corrected chi connectivity index (χ1v) is 20.2. The van der Waals surface area contributed by atoms with E-state index in [4.69, 9.17) is 27.9 Å². The number of fused-ring (bicyclic) bond motifs is 1. The van der Waals surface area contributed by atoms with E-state index < -0.39 is 10.0 Å². The highest BCUT2D eigenvalue weighted by molar-refractivity contribution is 8.32. The van der Waals surface area contributed by atoms with Gasteiger partial charge in [0.15, 0.2) is 0 Å². The number of halogens is 2. The zero-order valence-corrected chi connectivity index (χ0v) is 32.8. The highest BCUT2D eigenvalue weighted by Gasteiger charge is 2.36. The number of likely N-dealkylation sites (N-methyl/N-ethyl adjacent to an activating group) is 1. The van der Waals surface area contributed by atoms with E-state index in [-0.39, 0.29) is 36.6 Å². The molecule has 0 saturated carbocycles. The highest BCUT2D eigenvalue weighted by atomic mass is 35.5. The number of rotatable bonds is 10. The molecule has 4 rings (SSSR count). The third kappa shape index (κ3) is 18.5. The number of nitrogens with zero attached hydrogens (tertiary/aromatic N) is 4. The zero-order chi connectivity index (χ0) is 37.0. The number of hydrogen-bond donors (Lipinski definition) is 0. The van der Waals surface area contributed by atoms with Crippen LogP contribution in [0.1, 0.15) is 53.9 Å². The molecule has 2 aromatic carbocycles. The summed E-state index contributed by atoms with van der Waals surface area (Å²) in [7, 11) is -0.665. The fourth-order valence-corrected chi connectivity index (χ4v) is 5.18. The number of ether oxygens (including phenoxy) is 2. The molecule has 0 spiro atoms. The number of carbonyl (C=O) groups is 3. The monoisotopic (exact) mass is 738 g/mol. The van der Waals surface area contributed by atoms with Gasteiger partial charge < -0.3 is 14.4 Å². The minimum Gasteiger partial charge on any atom is -0.462 e. The molecular weight excluding hydrogens is 683 g/mol. The predicted octanol–water partition coefficient (Wildman–Crippen LogP) is 8.11. The Morgan fingerprint density at radius 2 is 1.71 bits per heavy atom. The van der Waals surface area contributed by atoms with Crippen LogP contribution in [0.4, 0.5) is 5.69 Å². The van der Waals surface area contributed by atoms with Crippen molar-refractivity contribution in [3.8, 4) is 0 Å². The van der Waals surface area contributed by atoms with Crippen LogP contribution in [0.2, 0.25) is 10.0 Å². The van der Waals surface area contributed by atoms with Gasteiger partial charge in [-0.2, -0.15) is 5.10 Å². The third-order valence-corrected chi connectivity index (χ3v) is 8.77. The van der Waals surface area contributed by atoms with Crippen LogP contribution >= 0.6 is 33.2 Å². The molecule has 9 nitrogen and oxygen atoms in total. The lowest BCUT2D eigenvalue weighted by Crippen LogP contribution is -2.53. The van der Waals surface area contributed by atoms with E-state index >= 15 is 0 Å². The summed E-state index contributed by atoms with van der Waals surface area (Å²) in [6.45, 7) is 15.5. The number of hydrogen-bond acceptors (Lipinski definition) is 7. The summed E-state index contributed by atoms with van der Waals surface area (Å²) in [4.78, 5) is 39.0. The quantitative estimate of drug-likeness (QED) is 0.106. The molecule has 0 aliphatic carbocycles. The Labute approximate surface area is 305 Å². The van der Waals surface area contributed by atoms with Crippen molar-refractivity contribution in [1.29, 1.82) is 0 Å². The lowest BCUT2D eigenvalue weighted by Gasteiger charge is -2.40. The molecule has 2 aromatic rings. The summed E-state index contributed by atoms with van der Waals surface area (Å²) in [5, 5.41) is 7.34. The molecule has 12 heteroatoms. The maximum Gasteiger partial charge on any atom is 0.293 e. The van der Waals surface area contributed by atoms with Crippen LogP contribution in [0.25, 0.3) is 0 Å². The topological polar surface area (TPSA) is 91.8 Å². The third-order valence-electron chi connectivity index (χ3n) is 6.89. The molecule has 2 amide bonds. The molecule has 1 atom stereocenters. The fourth-order valence-electron chi connectivity index (χ4n) is 4.24. The van der Waals surface area contributed by atoms with Gasteiger partial charge in [0.05, 0.1) is 12.5 Å². The average Bonchev–Trinajstić information content (AvgIpc) is 3.04. The van der Waals surface area contributed by atoms with E-state index in [0.29, 0.717) is 44.0 Å². The second kappa shape index (κ2) is 22.6. The van der Waals surface area contributed by atoms with E-state index in [0.717, 1.165) is 28.7 Å². The smallest absolute Gasteiger partial charge is 0.293 e. The van der Waals surface area contributed by atoms with Crippen molar-refractivity contribution in [2.75, 3.05) is 62.4 Å². The van der Waals surface area contributed by atoms with Gasteiger partial charge in [-0.3, -0.25) is 19.3 Å². The molecule has 1 fully saturated rings. The fraction of sp³-hybridized carbons (Fsp3) is 0.514. The molecule has 1 unspecified atom stereocenters. The van der Waals surface area contributed by atoms with Crippen molar-refractivity contribution in [2.24, 2.45) is 11.0 Å². The van der Waals surface area contributed by atoms with E-state index in [2.05, 4.69) is 42.1 Å². The number of hydrazone groups is 1. The molecule has 0 aromatic heterocycles. The second-order valence-electron chi connectivity index (χ2n) is 13.1. The molecule has 49 heavy (non-hydrogen) atoms. The van der Waals surface area contributed by atoms with Crippen LogP contribution in [0.5, 0.6) is 0 Å². The predicted molar refractivity (Wildman–Crippen MR) is 208 cm³/mol. The number of carbonyl (C=O) groups excluding carboxylic acids is 3. The van der Waals surface area contributed by atoms with E-state index in [1.165, 1.54) is 5.01 Å². The summed E-state index contributed by atoms with van der Waals surface area (Å²) in [5.74, 6) is 1.62. The standard InChI is InChI=1S/C22H33ClN4O3S.C6H5Cl.C5H10O2.C4H8/c1-5-27-21(28)15-25-14-17(9-10-20(25)24-27)22(29)26(16-30-11-12-31(2,3)4)19-8-6-7-18(23)13-19;7-6-4-2-1-3-5-6;1-5(2,3)7-4-6;1-3-4-2/h6-8,13,17H,5,9-12,14-16H2,1-4H3;1-5H;4H,1-3H3;3H,1,4H2,2H3. The highest BCUT2D eigenvalue weighted by Crippen LogP contribution is 2.34. The summed E-state index contributed by atoms with van der Waals surface area (Å²) in [6.07, 6.45) is 11.1. The Bertz CT molecular complexity index is 1330.